The van der Waals surface area contributed by atoms with Crippen LogP contribution in [0.5, 0.6) is 0 Å². The molecule has 0 aromatic carbocycles. The molecule has 0 amide bonds. The van der Waals surface area contributed by atoms with Crippen LogP contribution in [0.4, 0.5) is 0 Å². The Morgan fingerprint density at radius 2 is 2.33 bits per heavy atom. The molecule has 0 aliphatic heterocycles. The van der Waals surface area contributed by atoms with Gasteiger partial charge in [0.25, 0.3) is 0 Å². The Morgan fingerprint density at radius 3 is 2.92 bits per heavy atom. The summed E-state index contributed by atoms with van der Waals surface area (Å²) in [5.74, 6) is -0.550. The second-order valence-electron chi connectivity index (χ2n) is 1.82. The number of hydrogen-bond donors (Lipinski definition) is 0. The van der Waals surface area contributed by atoms with Gasteiger partial charge in [0, 0.05) is 0 Å². The van der Waals surface area contributed by atoms with Gasteiger partial charge in [-0.05, 0) is 15.9 Å². The van der Waals surface area contributed by atoms with E-state index in [-0.39, 0.29) is 10.8 Å². The van der Waals surface area contributed by atoms with Crippen molar-refractivity contribution in [2.75, 3.05) is 7.11 Å². The SMILES string of the molecule is COC(=O)c1ncnc(Cl)c1Br. The van der Waals surface area contributed by atoms with Crippen LogP contribution in [0.3, 0.4) is 0 Å². The van der Waals surface area contributed by atoms with Gasteiger partial charge in [0.15, 0.2) is 5.69 Å². The van der Waals surface area contributed by atoms with E-state index in [4.69, 9.17) is 11.6 Å². The van der Waals surface area contributed by atoms with E-state index in [1.54, 1.807) is 0 Å². The van der Waals surface area contributed by atoms with Gasteiger partial charge in [-0.25, -0.2) is 14.8 Å². The van der Waals surface area contributed by atoms with Crippen molar-refractivity contribution in [2.24, 2.45) is 0 Å². The van der Waals surface area contributed by atoms with E-state index in [2.05, 4.69) is 30.6 Å². The fourth-order valence-corrected chi connectivity index (χ4v) is 1.09. The Hall–Kier alpha value is -0.680. The van der Waals surface area contributed by atoms with E-state index in [1.165, 1.54) is 13.4 Å². The van der Waals surface area contributed by atoms with Crippen LogP contribution in [0.15, 0.2) is 10.8 Å². The van der Waals surface area contributed by atoms with Gasteiger partial charge in [-0.1, -0.05) is 11.6 Å². The molecule has 0 aliphatic rings. The smallest absolute Gasteiger partial charge is 0.358 e. The molecule has 64 valence electrons. The molecular weight excluding hydrogens is 247 g/mol. The molecule has 0 aliphatic carbocycles. The Morgan fingerprint density at radius 1 is 1.67 bits per heavy atom. The summed E-state index contributed by atoms with van der Waals surface area (Å²) in [6.07, 6.45) is 1.19. The van der Waals surface area contributed by atoms with Crippen LogP contribution in [-0.4, -0.2) is 23.0 Å². The lowest BCUT2D eigenvalue weighted by molar-refractivity contribution is 0.0592. The molecular formula is C6H4BrClN2O2. The third-order valence-corrected chi connectivity index (χ3v) is 2.39. The highest BCUT2D eigenvalue weighted by atomic mass is 79.9. The number of esters is 1. The predicted octanol–water partition coefficient (Wildman–Crippen LogP) is 1.68. The summed E-state index contributed by atoms with van der Waals surface area (Å²) in [6, 6.07) is 0. The van der Waals surface area contributed by atoms with Gasteiger partial charge in [0.1, 0.15) is 11.5 Å². The average molecular weight is 251 g/mol. The number of carbonyl (C=O) groups excluding carboxylic acids is 1. The molecule has 0 N–H and O–H groups in total. The normalized spacial score (nSPS) is 9.58. The molecule has 0 spiro atoms. The Balaban J connectivity index is 3.16. The Labute approximate surface area is 82.0 Å². The van der Waals surface area contributed by atoms with Crippen LogP contribution in [0, 0.1) is 0 Å². The quantitative estimate of drug-likeness (QED) is 0.563. The lowest BCUT2D eigenvalue weighted by Gasteiger charge is -2.00. The van der Waals surface area contributed by atoms with Crippen molar-refractivity contribution in [1.29, 1.82) is 0 Å². The van der Waals surface area contributed by atoms with Crippen molar-refractivity contribution in [3.8, 4) is 0 Å². The zero-order valence-corrected chi connectivity index (χ0v) is 8.39. The first-order valence-electron chi connectivity index (χ1n) is 2.91. The van der Waals surface area contributed by atoms with Gasteiger partial charge in [0.2, 0.25) is 0 Å². The fraction of sp³-hybridized carbons (Fsp3) is 0.167. The maximum Gasteiger partial charge on any atom is 0.358 e. The standard InChI is InChI=1S/C6H4BrClN2O2/c1-12-6(11)4-3(7)5(8)10-2-9-4/h2H,1H3. The molecule has 1 aromatic heterocycles. The highest BCUT2D eigenvalue weighted by molar-refractivity contribution is 9.10. The van der Waals surface area contributed by atoms with Gasteiger partial charge in [0.05, 0.1) is 11.6 Å². The largest absolute Gasteiger partial charge is 0.464 e. The summed E-state index contributed by atoms with van der Waals surface area (Å²) < 4.78 is 4.80. The molecule has 1 heterocycles. The summed E-state index contributed by atoms with van der Waals surface area (Å²) in [5, 5.41) is 0.186. The van der Waals surface area contributed by atoms with E-state index in [0.717, 1.165) is 0 Å². The first-order valence-corrected chi connectivity index (χ1v) is 4.08. The fourth-order valence-electron chi connectivity index (χ4n) is 0.587. The van der Waals surface area contributed by atoms with Crippen molar-refractivity contribution < 1.29 is 9.53 Å². The first-order chi connectivity index (χ1) is 5.66. The van der Waals surface area contributed by atoms with Crippen molar-refractivity contribution in [3.63, 3.8) is 0 Å². The maximum atomic E-state index is 11.0. The molecule has 4 nitrogen and oxygen atoms in total. The summed E-state index contributed by atoms with van der Waals surface area (Å²) in [5.41, 5.74) is 0.123. The monoisotopic (exact) mass is 250 g/mol. The van der Waals surface area contributed by atoms with E-state index in [0.29, 0.717) is 4.47 Å². The van der Waals surface area contributed by atoms with E-state index < -0.39 is 5.97 Å². The lowest BCUT2D eigenvalue weighted by Crippen LogP contribution is -2.05. The molecule has 0 saturated carbocycles. The number of nitrogens with zero attached hydrogens (tertiary/aromatic N) is 2. The number of carbonyl (C=O) groups is 1. The molecule has 1 rings (SSSR count). The van der Waals surface area contributed by atoms with Crippen molar-refractivity contribution >= 4 is 33.5 Å². The topological polar surface area (TPSA) is 52.1 Å². The second-order valence-corrected chi connectivity index (χ2v) is 2.97. The first kappa shape index (κ1) is 9.41. The van der Waals surface area contributed by atoms with Crippen molar-refractivity contribution in [1.82, 2.24) is 9.97 Å². The minimum Gasteiger partial charge on any atom is -0.464 e. The molecule has 0 bridgehead atoms. The van der Waals surface area contributed by atoms with E-state index >= 15 is 0 Å². The van der Waals surface area contributed by atoms with Gasteiger partial charge >= 0.3 is 5.97 Å². The number of methoxy groups -OCH3 is 1. The molecule has 0 saturated heterocycles. The third-order valence-electron chi connectivity index (χ3n) is 1.13. The van der Waals surface area contributed by atoms with Crippen LogP contribution >= 0.6 is 27.5 Å². The number of halogens is 2. The molecule has 6 heteroatoms. The molecule has 12 heavy (non-hydrogen) atoms. The molecule has 0 radical (unpaired) electrons. The highest BCUT2D eigenvalue weighted by Crippen LogP contribution is 2.22. The summed E-state index contributed by atoms with van der Waals surface area (Å²) >= 11 is 8.67. The van der Waals surface area contributed by atoms with E-state index in [1.807, 2.05) is 0 Å². The average Bonchev–Trinajstić information content (AvgIpc) is 2.08. The number of aromatic nitrogens is 2. The maximum absolute atomic E-state index is 11.0. The molecule has 0 fully saturated rings. The highest BCUT2D eigenvalue weighted by Gasteiger charge is 2.14. The van der Waals surface area contributed by atoms with Crippen LogP contribution in [0.1, 0.15) is 10.5 Å². The predicted molar refractivity (Wildman–Crippen MR) is 46.1 cm³/mol. The zero-order chi connectivity index (χ0) is 9.14. The van der Waals surface area contributed by atoms with Crippen LogP contribution in [0.25, 0.3) is 0 Å². The minimum atomic E-state index is -0.550. The van der Waals surface area contributed by atoms with Crippen molar-refractivity contribution in [2.45, 2.75) is 0 Å². The zero-order valence-electron chi connectivity index (χ0n) is 6.04. The van der Waals surface area contributed by atoms with Gasteiger partial charge in [-0.2, -0.15) is 0 Å². The third kappa shape index (κ3) is 1.73. The number of rotatable bonds is 1. The number of hydrogen-bond acceptors (Lipinski definition) is 4. The minimum absolute atomic E-state index is 0.123. The van der Waals surface area contributed by atoms with Gasteiger partial charge in [-0.15, -0.1) is 0 Å². The van der Waals surface area contributed by atoms with Crippen LogP contribution in [0.2, 0.25) is 5.15 Å². The summed E-state index contributed by atoms with van der Waals surface area (Å²) in [6.45, 7) is 0. The molecule has 0 atom stereocenters. The van der Waals surface area contributed by atoms with Crippen LogP contribution < -0.4 is 0 Å². The Bertz CT molecular complexity index is 318. The van der Waals surface area contributed by atoms with Crippen LogP contribution in [-0.2, 0) is 4.74 Å². The Kier molecular flexibility index (Phi) is 2.99. The second kappa shape index (κ2) is 3.82. The van der Waals surface area contributed by atoms with E-state index in [9.17, 15) is 4.79 Å². The van der Waals surface area contributed by atoms with Crippen molar-refractivity contribution in [3.05, 3.63) is 21.6 Å². The van der Waals surface area contributed by atoms with Gasteiger partial charge < -0.3 is 4.74 Å². The number of ether oxygens (including phenoxy) is 1. The lowest BCUT2D eigenvalue weighted by atomic mass is 10.4. The summed E-state index contributed by atoms with van der Waals surface area (Å²) in [4.78, 5) is 18.3. The summed E-state index contributed by atoms with van der Waals surface area (Å²) in [7, 11) is 1.27. The van der Waals surface area contributed by atoms with Gasteiger partial charge in [-0.3, -0.25) is 0 Å². The molecule has 0 unspecified atom stereocenters. The molecule has 1 aromatic rings.